The highest BCUT2D eigenvalue weighted by atomic mass is 16.1. The zero-order valence-corrected chi connectivity index (χ0v) is 13.9. The zero-order chi connectivity index (χ0) is 16.9. The number of aryl methyl sites for hydroxylation is 3. The lowest BCUT2D eigenvalue weighted by atomic mass is 10.1. The molecule has 24 heavy (non-hydrogen) atoms. The van der Waals surface area contributed by atoms with Crippen molar-refractivity contribution in [3.63, 3.8) is 0 Å². The molecule has 1 aromatic carbocycles. The molecule has 0 fully saturated rings. The van der Waals surface area contributed by atoms with Crippen molar-refractivity contribution in [3.8, 4) is 0 Å². The Kier molecular flexibility index (Phi) is 4.79. The van der Waals surface area contributed by atoms with E-state index >= 15 is 0 Å². The number of fused-ring (bicyclic) bond motifs is 1. The van der Waals surface area contributed by atoms with Crippen LogP contribution < -0.4 is 5.32 Å². The molecule has 122 valence electrons. The Hall–Kier alpha value is -2.82. The molecule has 1 N–H and O–H groups in total. The molecule has 0 radical (unpaired) electrons. The Bertz CT molecular complexity index is 862. The summed E-state index contributed by atoms with van der Waals surface area (Å²) in [7, 11) is 0. The molecule has 5 heteroatoms. The van der Waals surface area contributed by atoms with Crippen molar-refractivity contribution in [2.24, 2.45) is 0 Å². The molecule has 0 saturated carbocycles. The maximum Gasteiger partial charge on any atom is 0.251 e. The molecule has 2 aromatic heterocycles. The highest BCUT2D eigenvalue weighted by Gasteiger charge is 2.08. The Balaban J connectivity index is 1.60. The van der Waals surface area contributed by atoms with Crippen LogP contribution in [0.4, 0.5) is 0 Å². The predicted molar refractivity (Wildman–Crippen MR) is 93.9 cm³/mol. The lowest BCUT2D eigenvalue weighted by Crippen LogP contribution is -2.24. The van der Waals surface area contributed by atoms with Gasteiger partial charge in [-0.05, 0) is 56.5 Å². The van der Waals surface area contributed by atoms with Crippen molar-refractivity contribution in [3.05, 3.63) is 65.2 Å². The summed E-state index contributed by atoms with van der Waals surface area (Å²) in [6.45, 7) is 4.49. The summed E-state index contributed by atoms with van der Waals surface area (Å²) in [5, 5.41) is 2.95. The highest BCUT2D eigenvalue weighted by molar-refractivity contribution is 5.97. The standard InChI is InChI=1S/C19H20N4O/c1-13-14(2)23-18-11-16(7-8-17(18)22-13)19(24)21-10-4-6-15-5-3-9-20-12-15/h3,5,7-9,11-12H,4,6,10H2,1-2H3,(H,21,24). The summed E-state index contributed by atoms with van der Waals surface area (Å²) in [4.78, 5) is 25.4. The number of nitrogens with zero attached hydrogens (tertiary/aromatic N) is 3. The van der Waals surface area contributed by atoms with Gasteiger partial charge in [0.1, 0.15) is 0 Å². The van der Waals surface area contributed by atoms with Gasteiger partial charge >= 0.3 is 0 Å². The van der Waals surface area contributed by atoms with Crippen molar-refractivity contribution in [2.75, 3.05) is 6.54 Å². The Labute approximate surface area is 141 Å². The Morgan fingerprint density at radius 3 is 2.62 bits per heavy atom. The van der Waals surface area contributed by atoms with E-state index in [1.165, 1.54) is 5.56 Å². The molecule has 0 spiro atoms. The third-order valence-electron chi connectivity index (χ3n) is 3.99. The molecule has 0 saturated heterocycles. The summed E-state index contributed by atoms with van der Waals surface area (Å²) in [5.74, 6) is -0.0804. The van der Waals surface area contributed by atoms with Gasteiger partial charge in [0.25, 0.3) is 5.91 Å². The van der Waals surface area contributed by atoms with Crippen LogP contribution in [0.5, 0.6) is 0 Å². The second-order valence-corrected chi connectivity index (χ2v) is 5.82. The normalized spacial score (nSPS) is 10.8. The van der Waals surface area contributed by atoms with Gasteiger partial charge in [0, 0.05) is 24.5 Å². The van der Waals surface area contributed by atoms with Crippen molar-refractivity contribution < 1.29 is 4.79 Å². The minimum absolute atomic E-state index is 0.0804. The number of nitrogens with one attached hydrogen (secondary N) is 1. The summed E-state index contributed by atoms with van der Waals surface area (Å²) in [5.41, 5.74) is 5.15. The fourth-order valence-corrected chi connectivity index (χ4v) is 2.51. The number of rotatable bonds is 5. The number of hydrogen-bond donors (Lipinski definition) is 1. The van der Waals surface area contributed by atoms with Gasteiger partial charge in [-0.2, -0.15) is 0 Å². The summed E-state index contributed by atoms with van der Waals surface area (Å²) < 4.78 is 0. The van der Waals surface area contributed by atoms with Crippen LogP contribution in [-0.2, 0) is 6.42 Å². The van der Waals surface area contributed by atoms with E-state index in [0.717, 1.165) is 35.3 Å². The minimum atomic E-state index is -0.0804. The number of pyridine rings is 1. The first-order valence-corrected chi connectivity index (χ1v) is 8.05. The fraction of sp³-hybridized carbons (Fsp3) is 0.263. The van der Waals surface area contributed by atoms with Gasteiger partial charge in [-0.25, -0.2) is 9.97 Å². The van der Waals surface area contributed by atoms with Crippen LogP contribution >= 0.6 is 0 Å². The lowest BCUT2D eigenvalue weighted by Gasteiger charge is -2.07. The van der Waals surface area contributed by atoms with Crippen molar-refractivity contribution >= 4 is 16.9 Å². The van der Waals surface area contributed by atoms with E-state index in [1.807, 2.05) is 38.2 Å². The van der Waals surface area contributed by atoms with Crippen molar-refractivity contribution in [1.82, 2.24) is 20.3 Å². The van der Waals surface area contributed by atoms with Crippen LogP contribution in [0.3, 0.4) is 0 Å². The van der Waals surface area contributed by atoms with E-state index in [4.69, 9.17) is 0 Å². The SMILES string of the molecule is Cc1nc2ccc(C(=O)NCCCc3cccnc3)cc2nc1C. The van der Waals surface area contributed by atoms with Crippen LogP contribution in [-0.4, -0.2) is 27.4 Å². The van der Waals surface area contributed by atoms with Gasteiger partial charge in [0.05, 0.1) is 22.4 Å². The molecule has 0 atom stereocenters. The van der Waals surface area contributed by atoms with Gasteiger partial charge in [0.2, 0.25) is 0 Å². The van der Waals surface area contributed by atoms with Gasteiger partial charge in [-0.15, -0.1) is 0 Å². The lowest BCUT2D eigenvalue weighted by molar-refractivity contribution is 0.0953. The molecule has 1 amide bonds. The van der Waals surface area contributed by atoms with E-state index in [-0.39, 0.29) is 5.91 Å². The van der Waals surface area contributed by atoms with E-state index in [9.17, 15) is 4.79 Å². The fourth-order valence-electron chi connectivity index (χ4n) is 2.51. The molecule has 0 aliphatic heterocycles. The maximum atomic E-state index is 12.3. The minimum Gasteiger partial charge on any atom is -0.352 e. The van der Waals surface area contributed by atoms with Crippen LogP contribution in [0, 0.1) is 13.8 Å². The first-order valence-electron chi connectivity index (χ1n) is 8.05. The largest absolute Gasteiger partial charge is 0.352 e. The summed E-state index contributed by atoms with van der Waals surface area (Å²) in [6.07, 6.45) is 5.39. The highest BCUT2D eigenvalue weighted by Crippen LogP contribution is 2.14. The number of carbonyl (C=O) groups is 1. The van der Waals surface area contributed by atoms with Crippen LogP contribution in [0.1, 0.15) is 33.7 Å². The van der Waals surface area contributed by atoms with Crippen molar-refractivity contribution in [1.29, 1.82) is 0 Å². The number of benzene rings is 1. The number of aromatic nitrogens is 3. The molecule has 5 nitrogen and oxygen atoms in total. The zero-order valence-electron chi connectivity index (χ0n) is 13.9. The monoisotopic (exact) mass is 320 g/mol. The van der Waals surface area contributed by atoms with E-state index in [1.54, 1.807) is 18.3 Å². The van der Waals surface area contributed by atoms with Gasteiger partial charge in [0.15, 0.2) is 0 Å². The molecule has 0 aliphatic carbocycles. The van der Waals surface area contributed by atoms with Gasteiger partial charge in [-0.3, -0.25) is 9.78 Å². The van der Waals surface area contributed by atoms with E-state index in [2.05, 4.69) is 20.3 Å². The Morgan fingerprint density at radius 1 is 1.08 bits per heavy atom. The second-order valence-electron chi connectivity index (χ2n) is 5.82. The van der Waals surface area contributed by atoms with Crippen LogP contribution in [0.25, 0.3) is 11.0 Å². The quantitative estimate of drug-likeness (QED) is 0.734. The third-order valence-corrected chi connectivity index (χ3v) is 3.99. The smallest absolute Gasteiger partial charge is 0.251 e. The third kappa shape index (κ3) is 3.74. The van der Waals surface area contributed by atoms with Crippen molar-refractivity contribution in [2.45, 2.75) is 26.7 Å². The molecule has 3 rings (SSSR count). The first-order chi connectivity index (χ1) is 11.6. The molecule has 0 aliphatic rings. The molecular formula is C19H20N4O. The molecular weight excluding hydrogens is 300 g/mol. The van der Waals surface area contributed by atoms with Gasteiger partial charge < -0.3 is 5.32 Å². The van der Waals surface area contributed by atoms with E-state index < -0.39 is 0 Å². The predicted octanol–water partition coefficient (Wildman–Crippen LogP) is 3.00. The van der Waals surface area contributed by atoms with Crippen LogP contribution in [0.2, 0.25) is 0 Å². The average molecular weight is 320 g/mol. The maximum absolute atomic E-state index is 12.3. The van der Waals surface area contributed by atoms with E-state index in [0.29, 0.717) is 12.1 Å². The number of carbonyl (C=O) groups excluding carboxylic acids is 1. The first kappa shape index (κ1) is 16.1. The summed E-state index contributed by atoms with van der Waals surface area (Å²) in [6, 6.07) is 9.40. The summed E-state index contributed by atoms with van der Waals surface area (Å²) >= 11 is 0. The Morgan fingerprint density at radius 2 is 1.88 bits per heavy atom. The topological polar surface area (TPSA) is 67.8 Å². The molecule has 0 unspecified atom stereocenters. The van der Waals surface area contributed by atoms with Gasteiger partial charge in [-0.1, -0.05) is 6.07 Å². The molecule has 3 aromatic rings. The molecule has 2 heterocycles. The molecule has 0 bridgehead atoms. The van der Waals surface area contributed by atoms with Crippen LogP contribution in [0.15, 0.2) is 42.7 Å². The number of amides is 1. The average Bonchev–Trinajstić information content (AvgIpc) is 2.60. The second kappa shape index (κ2) is 7.17. The number of hydrogen-bond acceptors (Lipinski definition) is 4.